The van der Waals surface area contributed by atoms with Gasteiger partial charge in [-0.25, -0.2) is 8.42 Å². The van der Waals surface area contributed by atoms with Crippen molar-refractivity contribution in [1.29, 1.82) is 0 Å². The lowest BCUT2D eigenvalue weighted by atomic mass is 10.0. The summed E-state index contributed by atoms with van der Waals surface area (Å²) in [4.78, 5) is 2.20. The molecule has 140 valence electrons. The van der Waals surface area contributed by atoms with E-state index in [9.17, 15) is 8.42 Å². The van der Waals surface area contributed by atoms with E-state index in [4.69, 9.17) is 4.74 Å². The van der Waals surface area contributed by atoms with Crippen molar-refractivity contribution in [3.05, 3.63) is 65.2 Å². The van der Waals surface area contributed by atoms with Gasteiger partial charge in [0.1, 0.15) is 5.75 Å². The smallest absolute Gasteiger partial charge is 0.218 e. The third kappa shape index (κ3) is 4.26. The molecule has 1 fully saturated rings. The van der Waals surface area contributed by atoms with Crippen molar-refractivity contribution >= 4 is 10.0 Å². The van der Waals surface area contributed by atoms with Crippen LogP contribution in [0, 0.1) is 6.92 Å². The molecule has 5 nitrogen and oxygen atoms in total. The average Bonchev–Trinajstić information content (AvgIpc) is 2.61. The van der Waals surface area contributed by atoms with Crippen LogP contribution in [0.1, 0.15) is 22.7 Å². The molecule has 1 heterocycles. The molecule has 0 spiro atoms. The average molecular weight is 375 g/mol. The maximum Gasteiger partial charge on any atom is 0.218 e. The van der Waals surface area contributed by atoms with E-state index in [-0.39, 0.29) is 11.8 Å². The summed E-state index contributed by atoms with van der Waals surface area (Å²) in [5.74, 6) is 0.832. The van der Waals surface area contributed by atoms with Gasteiger partial charge in [0.25, 0.3) is 0 Å². The Labute approximate surface area is 156 Å². The summed E-state index contributed by atoms with van der Waals surface area (Å²) in [6.45, 7) is 3.66. The number of hydrogen-bond acceptors (Lipinski definition) is 4. The number of rotatable bonds is 5. The number of piperazine rings is 1. The highest BCUT2D eigenvalue weighted by Gasteiger charge is 2.32. The van der Waals surface area contributed by atoms with Crippen LogP contribution in [0.3, 0.4) is 0 Å². The molecule has 0 bridgehead atoms. The molecule has 2 aromatic rings. The predicted octanol–water partition coefficient (Wildman–Crippen LogP) is 2.82. The Morgan fingerprint density at radius 2 is 1.88 bits per heavy atom. The summed E-state index contributed by atoms with van der Waals surface area (Å²) in [7, 11) is 0.320. The minimum atomic E-state index is -3.36. The van der Waals surface area contributed by atoms with E-state index in [1.807, 2.05) is 62.5 Å². The van der Waals surface area contributed by atoms with Crippen molar-refractivity contribution < 1.29 is 13.2 Å². The molecule has 1 atom stereocenters. The summed E-state index contributed by atoms with van der Waals surface area (Å²) in [6.07, 6.45) is 0. The first kappa shape index (κ1) is 18.9. The van der Waals surface area contributed by atoms with Crippen LogP contribution in [0.15, 0.2) is 48.5 Å². The number of aryl methyl sites for hydroxylation is 1. The van der Waals surface area contributed by atoms with E-state index in [0.717, 1.165) is 22.4 Å². The predicted molar refractivity (Wildman–Crippen MR) is 104 cm³/mol. The van der Waals surface area contributed by atoms with E-state index < -0.39 is 10.0 Å². The molecule has 6 heteroatoms. The van der Waals surface area contributed by atoms with E-state index in [1.54, 1.807) is 11.4 Å². The van der Waals surface area contributed by atoms with Gasteiger partial charge in [0.05, 0.1) is 12.9 Å². The summed E-state index contributed by atoms with van der Waals surface area (Å²) in [5, 5.41) is 0. The number of hydrogen-bond donors (Lipinski definition) is 0. The quantitative estimate of drug-likeness (QED) is 0.808. The molecule has 0 N–H and O–H groups in total. The van der Waals surface area contributed by atoms with Crippen LogP contribution < -0.4 is 4.74 Å². The molecule has 0 saturated carbocycles. The maximum atomic E-state index is 13.0. The number of benzene rings is 2. The van der Waals surface area contributed by atoms with Crippen LogP contribution in [0.5, 0.6) is 5.75 Å². The number of sulfonamides is 1. The van der Waals surface area contributed by atoms with Gasteiger partial charge < -0.3 is 4.74 Å². The maximum absolute atomic E-state index is 13.0. The molecule has 3 rings (SSSR count). The molecule has 0 aromatic heterocycles. The lowest BCUT2D eigenvalue weighted by Crippen LogP contribution is -2.49. The molecule has 2 aromatic carbocycles. The van der Waals surface area contributed by atoms with Crippen LogP contribution >= 0.6 is 0 Å². The first-order valence-electron chi connectivity index (χ1n) is 8.76. The van der Waals surface area contributed by atoms with Gasteiger partial charge in [0, 0.05) is 25.7 Å². The molecular formula is C20H26N2O3S. The van der Waals surface area contributed by atoms with Gasteiger partial charge in [-0.1, -0.05) is 42.0 Å². The number of nitrogens with zero attached hydrogens (tertiary/aromatic N) is 2. The fourth-order valence-electron chi connectivity index (χ4n) is 3.41. The summed E-state index contributed by atoms with van der Waals surface area (Å²) in [6, 6.07) is 15.6. The Morgan fingerprint density at radius 1 is 1.12 bits per heavy atom. The molecule has 26 heavy (non-hydrogen) atoms. The Morgan fingerprint density at radius 3 is 2.62 bits per heavy atom. The zero-order valence-corrected chi connectivity index (χ0v) is 16.4. The van der Waals surface area contributed by atoms with Crippen LogP contribution in [-0.4, -0.2) is 51.4 Å². The van der Waals surface area contributed by atoms with Gasteiger partial charge in [0.2, 0.25) is 10.0 Å². The molecule has 1 aliphatic rings. The standard InChI is InChI=1S/C20H26N2O3S/c1-16-6-4-7-17(12-16)15-26(23,24)22-11-10-21(2)20(14-22)18-8-5-9-19(13-18)25-3/h4-9,12-13,20H,10-11,14-15H2,1-3H3. The normalized spacial score (nSPS) is 19.4. The largest absolute Gasteiger partial charge is 0.497 e. The first-order chi connectivity index (χ1) is 12.4. The van der Waals surface area contributed by atoms with E-state index >= 15 is 0 Å². The minimum Gasteiger partial charge on any atom is -0.497 e. The third-order valence-corrected chi connectivity index (χ3v) is 6.73. The van der Waals surface area contributed by atoms with E-state index in [2.05, 4.69) is 4.90 Å². The molecule has 0 amide bonds. The molecular weight excluding hydrogens is 348 g/mol. The van der Waals surface area contributed by atoms with Crippen LogP contribution in [0.4, 0.5) is 0 Å². The van der Waals surface area contributed by atoms with Gasteiger partial charge in [-0.05, 0) is 37.2 Å². The van der Waals surface area contributed by atoms with Gasteiger partial charge in [-0.15, -0.1) is 0 Å². The minimum absolute atomic E-state index is 0.0196. The highest BCUT2D eigenvalue weighted by atomic mass is 32.2. The fourth-order valence-corrected chi connectivity index (χ4v) is 4.93. The van der Waals surface area contributed by atoms with E-state index in [0.29, 0.717) is 19.6 Å². The van der Waals surface area contributed by atoms with Crippen molar-refractivity contribution in [3.63, 3.8) is 0 Å². The topological polar surface area (TPSA) is 49.9 Å². The highest BCUT2D eigenvalue weighted by molar-refractivity contribution is 7.88. The second-order valence-electron chi connectivity index (χ2n) is 6.88. The van der Waals surface area contributed by atoms with E-state index in [1.165, 1.54) is 0 Å². The van der Waals surface area contributed by atoms with Crippen LogP contribution in [-0.2, 0) is 15.8 Å². The van der Waals surface area contributed by atoms with Crippen molar-refractivity contribution in [1.82, 2.24) is 9.21 Å². The fraction of sp³-hybridized carbons (Fsp3) is 0.400. The highest BCUT2D eigenvalue weighted by Crippen LogP contribution is 2.28. The van der Waals surface area contributed by atoms with Crippen LogP contribution in [0.25, 0.3) is 0 Å². The van der Waals surface area contributed by atoms with Crippen molar-refractivity contribution in [2.75, 3.05) is 33.8 Å². The second-order valence-corrected chi connectivity index (χ2v) is 8.85. The van der Waals surface area contributed by atoms with Crippen molar-refractivity contribution in [3.8, 4) is 5.75 Å². The van der Waals surface area contributed by atoms with Crippen molar-refractivity contribution in [2.24, 2.45) is 0 Å². The molecule has 1 aliphatic heterocycles. The van der Waals surface area contributed by atoms with Crippen LogP contribution in [0.2, 0.25) is 0 Å². The third-order valence-electron chi connectivity index (χ3n) is 4.91. The Balaban J connectivity index is 1.80. The molecule has 1 saturated heterocycles. The second kappa shape index (κ2) is 7.78. The lowest BCUT2D eigenvalue weighted by Gasteiger charge is -2.39. The van der Waals surface area contributed by atoms with Crippen molar-refractivity contribution in [2.45, 2.75) is 18.7 Å². The number of ether oxygens (including phenoxy) is 1. The zero-order valence-electron chi connectivity index (χ0n) is 15.6. The Bertz CT molecular complexity index is 867. The number of likely N-dealkylation sites (N-methyl/N-ethyl adjacent to an activating group) is 1. The van der Waals surface area contributed by atoms with Gasteiger partial charge >= 0.3 is 0 Å². The SMILES string of the molecule is COc1cccc(C2CN(S(=O)(=O)Cc3cccc(C)c3)CCN2C)c1. The van der Waals surface area contributed by atoms with Gasteiger partial charge in [0.15, 0.2) is 0 Å². The zero-order chi connectivity index (χ0) is 18.7. The van der Waals surface area contributed by atoms with Gasteiger partial charge in [-0.3, -0.25) is 4.90 Å². The molecule has 0 radical (unpaired) electrons. The van der Waals surface area contributed by atoms with Gasteiger partial charge in [-0.2, -0.15) is 4.31 Å². The summed E-state index contributed by atoms with van der Waals surface area (Å²) in [5.41, 5.74) is 2.98. The Kier molecular flexibility index (Phi) is 5.65. The molecule has 1 unspecified atom stereocenters. The molecule has 0 aliphatic carbocycles. The summed E-state index contributed by atoms with van der Waals surface area (Å²) >= 11 is 0. The summed E-state index contributed by atoms with van der Waals surface area (Å²) < 4.78 is 32.9. The monoisotopic (exact) mass is 374 g/mol. The first-order valence-corrected chi connectivity index (χ1v) is 10.4. The number of methoxy groups -OCH3 is 1. The lowest BCUT2D eigenvalue weighted by molar-refractivity contribution is 0.148. The Hall–Kier alpha value is -1.89.